The number of alkyl halides is 3. The van der Waals surface area contributed by atoms with E-state index in [9.17, 15) is 23.1 Å². The van der Waals surface area contributed by atoms with E-state index in [2.05, 4.69) is 21.4 Å². The molecule has 0 spiro atoms. The lowest BCUT2D eigenvalue weighted by atomic mass is 9.96. The molecule has 3 N–H and O–H groups in total. The molecule has 1 aliphatic rings. The number of fused-ring (bicyclic) bond motifs is 1. The van der Waals surface area contributed by atoms with Crippen molar-refractivity contribution in [1.29, 1.82) is 0 Å². The number of amides is 1. The van der Waals surface area contributed by atoms with Crippen molar-refractivity contribution in [3.05, 3.63) is 65.1 Å². The number of aromatic amines is 1. The van der Waals surface area contributed by atoms with E-state index in [1.165, 1.54) is 17.7 Å². The summed E-state index contributed by atoms with van der Waals surface area (Å²) in [4.78, 5) is 16.7. The molecule has 11 heteroatoms. The number of hydrogen-bond donors (Lipinski definition) is 3. The average Bonchev–Trinajstić information content (AvgIpc) is 3.42. The average molecular weight is 499 g/mol. The highest BCUT2D eigenvalue weighted by molar-refractivity contribution is 5.94. The molecule has 36 heavy (non-hydrogen) atoms. The van der Waals surface area contributed by atoms with Crippen molar-refractivity contribution in [2.75, 3.05) is 6.54 Å². The second-order valence-electron chi connectivity index (χ2n) is 9.18. The number of nitrogens with one attached hydrogen (secondary N) is 2. The van der Waals surface area contributed by atoms with Crippen LogP contribution in [0.5, 0.6) is 0 Å². The van der Waals surface area contributed by atoms with Gasteiger partial charge in [-0.05, 0) is 55.0 Å². The second-order valence-corrected chi connectivity index (χ2v) is 9.18. The molecule has 1 saturated carbocycles. The third-order valence-corrected chi connectivity index (χ3v) is 6.13. The van der Waals surface area contributed by atoms with Crippen LogP contribution in [0.2, 0.25) is 0 Å². The van der Waals surface area contributed by atoms with Gasteiger partial charge in [0, 0.05) is 22.9 Å². The summed E-state index contributed by atoms with van der Waals surface area (Å²) in [5, 5.41) is 24.8. The maximum atomic E-state index is 12.4. The normalized spacial score (nSPS) is 14.8. The van der Waals surface area contributed by atoms with E-state index in [0.29, 0.717) is 29.6 Å². The predicted octanol–water partition coefficient (Wildman–Crippen LogP) is 3.96. The highest BCUT2D eigenvalue weighted by Gasteiger charge is 2.29. The third-order valence-electron chi connectivity index (χ3n) is 6.13. The smallest absolute Gasteiger partial charge is 0.391 e. The second kappa shape index (κ2) is 9.38. The van der Waals surface area contributed by atoms with Gasteiger partial charge in [-0.3, -0.25) is 9.89 Å². The molecule has 1 unspecified atom stereocenters. The first kappa shape index (κ1) is 24.0. The van der Waals surface area contributed by atoms with Crippen molar-refractivity contribution >= 4 is 16.8 Å². The number of carbonyl (C=O) groups is 1. The lowest BCUT2D eigenvalue weighted by Crippen LogP contribution is -2.33. The van der Waals surface area contributed by atoms with E-state index < -0.39 is 24.7 Å². The molecule has 2 aromatic carbocycles. The van der Waals surface area contributed by atoms with Gasteiger partial charge < -0.3 is 10.4 Å². The van der Waals surface area contributed by atoms with Crippen LogP contribution in [-0.2, 0) is 13.0 Å². The number of H-pyrrole nitrogens is 1. The highest BCUT2D eigenvalue weighted by Crippen LogP contribution is 2.45. The quantitative estimate of drug-likeness (QED) is 0.341. The van der Waals surface area contributed by atoms with Gasteiger partial charge >= 0.3 is 6.18 Å². The molecule has 2 heterocycles. The largest absolute Gasteiger partial charge is 0.405 e. The number of aliphatic hydroxyl groups excluding tert-OH is 1. The standard InChI is InChI=1S/C25H25F3N6O2/c1-14(35)12-34-21(10-18-8-9-20-19(11-30-32-20)22(18)15-2-3-15)31-23(33-34)16-4-6-17(7-5-16)24(36)29-13-25(26,27)28/h4-9,11,14-15,35H,2-3,10,12-13H2,1H3,(H,29,36)(H,30,32). The first-order chi connectivity index (χ1) is 17.2. The highest BCUT2D eigenvalue weighted by atomic mass is 19.4. The molecule has 4 aromatic rings. The Hall–Kier alpha value is -3.73. The van der Waals surface area contributed by atoms with Crippen LogP contribution in [0, 0.1) is 0 Å². The van der Waals surface area contributed by atoms with Crippen LogP contribution in [-0.4, -0.2) is 54.8 Å². The number of benzene rings is 2. The zero-order chi connectivity index (χ0) is 25.4. The molecule has 1 atom stereocenters. The molecule has 8 nitrogen and oxygen atoms in total. The van der Waals surface area contributed by atoms with Crippen LogP contribution in [0.3, 0.4) is 0 Å². The number of nitrogens with zero attached hydrogens (tertiary/aromatic N) is 4. The van der Waals surface area contributed by atoms with Crippen molar-refractivity contribution in [3.63, 3.8) is 0 Å². The monoisotopic (exact) mass is 498 g/mol. The molecule has 188 valence electrons. The van der Waals surface area contributed by atoms with E-state index in [-0.39, 0.29) is 12.1 Å². The first-order valence-corrected chi connectivity index (χ1v) is 11.7. The Labute approximate surface area is 204 Å². The number of aromatic nitrogens is 5. The van der Waals surface area contributed by atoms with Crippen molar-refractivity contribution in [2.24, 2.45) is 0 Å². The van der Waals surface area contributed by atoms with Gasteiger partial charge in [-0.1, -0.05) is 18.2 Å². The first-order valence-electron chi connectivity index (χ1n) is 11.7. The molecule has 2 aromatic heterocycles. The number of hydrogen-bond acceptors (Lipinski definition) is 5. The van der Waals surface area contributed by atoms with Crippen molar-refractivity contribution in [2.45, 2.75) is 50.9 Å². The zero-order valence-corrected chi connectivity index (χ0v) is 19.5. The van der Waals surface area contributed by atoms with Gasteiger partial charge in [-0.15, -0.1) is 0 Å². The third kappa shape index (κ3) is 5.25. The van der Waals surface area contributed by atoms with Gasteiger partial charge in [0.2, 0.25) is 0 Å². The molecule has 0 saturated heterocycles. The maximum Gasteiger partial charge on any atom is 0.405 e. The molecule has 0 aliphatic heterocycles. The number of aliphatic hydroxyl groups is 1. The molecule has 1 aliphatic carbocycles. The van der Waals surface area contributed by atoms with Crippen molar-refractivity contribution in [3.8, 4) is 11.4 Å². The summed E-state index contributed by atoms with van der Waals surface area (Å²) >= 11 is 0. The predicted molar refractivity (Wildman–Crippen MR) is 126 cm³/mol. The molecule has 1 amide bonds. The van der Waals surface area contributed by atoms with E-state index >= 15 is 0 Å². The van der Waals surface area contributed by atoms with Crippen molar-refractivity contribution < 1.29 is 23.1 Å². The van der Waals surface area contributed by atoms with Crippen LogP contribution < -0.4 is 5.32 Å². The summed E-state index contributed by atoms with van der Waals surface area (Å²) in [5.74, 6) is 0.771. The van der Waals surface area contributed by atoms with Gasteiger partial charge in [0.15, 0.2) is 5.82 Å². The summed E-state index contributed by atoms with van der Waals surface area (Å²) in [6.45, 7) is 0.537. The Bertz CT molecular complexity index is 1390. The summed E-state index contributed by atoms with van der Waals surface area (Å²) in [5.41, 5.74) is 4.11. The van der Waals surface area contributed by atoms with Crippen LogP contribution in [0.1, 0.15) is 53.0 Å². The summed E-state index contributed by atoms with van der Waals surface area (Å²) in [6, 6.07) is 10.1. The van der Waals surface area contributed by atoms with E-state index in [0.717, 1.165) is 29.3 Å². The molecule has 5 rings (SSSR count). The molecule has 0 radical (unpaired) electrons. The Kier molecular flexibility index (Phi) is 6.25. The van der Waals surface area contributed by atoms with Gasteiger partial charge in [-0.2, -0.15) is 23.4 Å². The van der Waals surface area contributed by atoms with Crippen LogP contribution >= 0.6 is 0 Å². The number of rotatable bonds is 8. The maximum absolute atomic E-state index is 12.4. The SMILES string of the molecule is CC(O)Cn1nc(-c2ccc(C(=O)NCC(F)(F)F)cc2)nc1Cc1ccc2[nH]ncc2c1C1CC1. The number of halogens is 3. The van der Waals surface area contributed by atoms with E-state index in [1.54, 1.807) is 23.7 Å². The minimum atomic E-state index is -4.48. The Morgan fingerprint density at radius 3 is 2.64 bits per heavy atom. The lowest BCUT2D eigenvalue weighted by molar-refractivity contribution is -0.123. The van der Waals surface area contributed by atoms with Crippen LogP contribution in [0.15, 0.2) is 42.6 Å². The fraction of sp³-hybridized carbons (Fsp3) is 0.360. The van der Waals surface area contributed by atoms with Gasteiger partial charge in [0.05, 0.1) is 24.4 Å². The number of carbonyl (C=O) groups excluding carboxylic acids is 1. The molecule has 1 fully saturated rings. The summed E-state index contributed by atoms with van der Waals surface area (Å²) < 4.78 is 38.8. The van der Waals surface area contributed by atoms with Crippen molar-refractivity contribution in [1.82, 2.24) is 30.3 Å². The van der Waals surface area contributed by atoms with Gasteiger partial charge in [-0.25, -0.2) is 9.67 Å². The Balaban J connectivity index is 1.42. The summed E-state index contributed by atoms with van der Waals surface area (Å²) in [6.07, 6.45) is -0.487. The van der Waals surface area contributed by atoms with Crippen LogP contribution in [0.25, 0.3) is 22.3 Å². The van der Waals surface area contributed by atoms with E-state index in [4.69, 9.17) is 4.98 Å². The summed E-state index contributed by atoms with van der Waals surface area (Å²) in [7, 11) is 0. The van der Waals surface area contributed by atoms with Gasteiger partial charge in [0.25, 0.3) is 5.91 Å². The molecule has 0 bridgehead atoms. The van der Waals surface area contributed by atoms with Gasteiger partial charge in [0.1, 0.15) is 12.4 Å². The lowest BCUT2D eigenvalue weighted by Gasteiger charge is -2.12. The molecular formula is C25H25F3N6O2. The zero-order valence-electron chi connectivity index (χ0n) is 19.5. The molecular weight excluding hydrogens is 473 g/mol. The fourth-order valence-corrected chi connectivity index (χ4v) is 4.34. The minimum absolute atomic E-state index is 0.106. The van der Waals surface area contributed by atoms with E-state index in [1.807, 2.05) is 17.6 Å². The Morgan fingerprint density at radius 1 is 1.22 bits per heavy atom. The fourth-order valence-electron chi connectivity index (χ4n) is 4.34. The Morgan fingerprint density at radius 2 is 1.97 bits per heavy atom. The van der Waals surface area contributed by atoms with Crippen LogP contribution in [0.4, 0.5) is 13.2 Å². The topological polar surface area (TPSA) is 109 Å². The minimum Gasteiger partial charge on any atom is -0.391 e.